The second-order valence-corrected chi connectivity index (χ2v) is 7.69. The molecular weight excluding hydrogens is 278 g/mol. The number of amides is 1. The number of carbonyl (C=O) groups is 1. The zero-order chi connectivity index (χ0) is 14.8. The molecule has 1 aliphatic rings. The first-order valence-electron chi connectivity index (χ1n) is 6.54. The summed E-state index contributed by atoms with van der Waals surface area (Å²) in [6.07, 6.45) is -0.464. The number of carbonyl (C=O) groups excluding carboxylic acids is 1. The lowest BCUT2D eigenvalue weighted by atomic mass is 9.98. The molecule has 6 heteroatoms. The molecule has 0 atom stereocenters. The number of hydrogen-bond donors (Lipinski definition) is 0. The molecule has 0 N–H and O–H groups in total. The minimum Gasteiger partial charge on any atom is -0.438 e. The smallest absolute Gasteiger partial charge is 0.410 e. The first-order chi connectivity index (χ1) is 9.30. The fourth-order valence-corrected chi connectivity index (χ4v) is 3.28. The first-order valence-corrected chi connectivity index (χ1v) is 8.36. The maximum atomic E-state index is 12.1. The van der Waals surface area contributed by atoms with Gasteiger partial charge in [0.05, 0.1) is 11.5 Å². The molecule has 1 amide bonds. The number of benzene rings is 1. The molecule has 1 aromatic rings. The van der Waals surface area contributed by atoms with E-state index >= 15 is 0 Å². The van der Waals surface area contributed by atoms with Gasteiger partial charge < -0.3 is 9.64 Å². The van der Waals surface area contributed by atoms with Crippen LogP contribution in [0.3, 0.4) is 0 Å². The van der Waals surface area contributed by atoms with Crippen LogP contribution in [0.1, 0.15) is 19.4 Å². The highest BCUT2D eigenvalue weighted by Crippen LogP contribution is 2.25. The lowest BCUT2D eigenvalue weighted by molar-refractivity contribution is 0.0124. The van der Waals surface area contributed by atoms with Crippen LogP contribution in [0.15, 0.2) is 30.3 Å². The van der Waals surface area contributed by atoms with Crippen molar-refractivity contribution in [1.82, 2.24) is 4.90 Å². The van der Waals surface area contributed by atoms with Crippen LogP contribution in [-0.4, -0.2) is 44.0 Å². The van der Waals surface area contributed by atoms with Crippen molar-refractivity contribution in [3.8, 4) is 0 Å². The number of ether oxygens (including phenoxy) is 1. The fraction of sp³-hybridized carbons (Fsp3) is 0.500. The average molecular weight is 297 g/mol. The van der Waals surface area contributed by atoms with Gasteiger partial charge in [0.2, 0.25) is 0 Å². The summed E-state index contributed by atoms with van der Waals surface area (Å²) < 4.78 is 28.2. The molecule has 1 fully saturated rings. The summed E-state index contributed by atoms with van der Waals surface area (Å²) >= 11 is 0. The zero-order valence-electron chi connectivity index (χ0n) is 11.7. The summed E-state index contributed by atoms with van der Waals surface area (Å²) in [5.74, 6) is 0.0156. The molecule has 0 aliphatic carbocycles. The number of hydrogen-bond acceptors (Lipinski definition) is 4. The van der Waals surface area contributed by atoms with E-state index in [2.05, 4.69) is 0 Å². The quantitative estimate of drug-likeness (QED) is 0.835. The number of rotatable bonds is 2. The maximum Gasteiger partial charge on any atom is 0.410 e. The van der Waals surface area contributed by atoms with Crippen LogP contribution in [0.4, 0.5) is 4.79 Å². The van der Waals surface area contributed by atoms with E-state index in [-0.39, 0.29) is 24.6 Å². The molecule has 1 aromatic carbocycles. The second kappa shape index (κ2) is 5.44. The predicted molar refractivity (Wildman–Crippen MR) is 76.2 cm³/mol. The Morgan fingerprint density at radius 3 is 2.25 bits per heavy atom. The Morgan fingerprint density at radius 2 is 1.70 bits per heavy atom. The van der Waals surface area contributed by atoms with Gasteiger partial charge in [-0.2, -0.15) is 0 Å². The molecule has 20 heavy (non-hydrogen) atoms. The maximum absolute atomic E-state index is 12.1. The topological polar surface area (TPSA) is 63.7 Å². The third-order valence-corrected chi connectivity index (χ3v) is 5.02. The normalized spacial score (nSPS) is 18.6. The third kappa shape index (κ3) is 3.50. The molecule has 2 rings (SSSR count). The highest BCUT2D eigenvalue weighted by atomic mass is 32.2. The average Bonchev–Trinajstić information content (AvgIpc) is 2.39. The van der Waals surface area contributed by atoms with Crippen LogP contribution in [0, 0.1) is 0 Å². The Morgan fingerprint density at radius 1 is 1.15 bits per heavy atom. The Bertz CT molecular complexity index is 566. The van der Waals surface area contributed by atoms with E-state index in [0.717, 1.165) is 5.56 Å². The standard InChI is InChI=1S/C14H19NO4S/c1-14(2,12-6-4-3-5-7-12)19-13(16)15-8-10-20(17,18)11-9-15/h3-7H,8-11H2,1-2H3. The van der Waals surface area contributed by atoms with Crippen LogP contribution < -0.4 is 0 Å². The van der Waals surface area contributed by atoms with Crippen molar-refractivity contribution in [1.29, 1.82) is 0 Å². The molecule has 0 saturated carbocycles. The largest absolute Gasteiger partial charge is 0.438 e. The van der Waals surface area contributed by atoms with Crippen molar-refractivity contribution in [2.24, 2.45) is 0 Å². The van der Waals surface area contributed by atoms with Gasteiger partial charge in [0.1, 0.15) is 5.60 Å². The number of nitrogens with zero attached hydrogens (tertiary/aromatic N) is 1. The Hall–Kier alpha value is -1.56. The zero-order valence-corrected chi connectivity index (χ0v) is 12.5. The molecular formula is C14H19NO4S. The van der Waals surface area contributed by atoms with Crippen LogP contribution in [0.2, 0.25) is 0 Å². The Labute approximate surface area is 119 Å². The summed E-state index contributed by atoms with van der Waals surface area (Å²) in [5.41, 5.74) is 0.160. The van der Waals surface area contributed by atoms with Crippen LogP contribution >= 0.6 is 0 Å². The molecule has 0 spiro atoms. The third-order valence-electron chi connectivity index (χ3n) is 3.41. The highest BCUT2D eigenvalue weighted by molar-refractivity contribution is 7.91. The van der Waals surface area contributed by atoms with Crippen LogP contribution in [0.25, 0.3) is 0 Å². The molecule has 1 saturated heterocycles. The van der Waals surface area contributed by atoms with Gasteiger partial charge in [0.25, 0.3) is 0 Å². The van der Waals surface area contributed by atoms with Gasteiger partial charge in [-0.25, -0.2) is 13.2 Å². The van der Waals surface area contributed by atoms with E-state index < -0.39 is 21.5 Å². The van der Waals surface area contributed by atoms with E-state index in [9.17, 15) is 13.2 Å². The van der Waals surface area contributed by atoms with E-state index in [1.165, 1.54) is 4.90 Å². The fourth-order valence-electron chi connectivity index (χ4n) is 2.08. The van der Waals surface area contributed by atoms with Gasteiger partial charge in [-0.1, -0.05) is 30.3 Å². The minimum absolute atomic E-state index is 0.00780. The first kappa shape index (κ1) is 14.8. The van der Waals surface area contributed by atoms with Gasteiger partial charge >= 0.3 is 6.09 Å². The molecule has 0 aromatic heterocycles. The Balaban J connectivity index is 2.01. The lowest BCUT2D eigenvalue weighted by Gasteiger charge is -2.31. The summed E-state index contributed by atoms with van der Waals surface area (Å²) in [4.78, 5) is 13.6. The molecule has 0 radical (unpaired) electrons. The van der Waals surface area contributed by atoms with E-state index in [1.54, 1.807) is 0 Å². The molecule has 0 unspecified atom stereocenters. The number of sulfone groups is 1. The summed E-state index contributed by atoms with van der Waals surface area (Å²) in [6.45, 7) is 4.04. The minimum atomic E-state index is -2.99. The van der Waals surface area contributed by atoms with Crippen LogP contribution in [-0.2, 0) is 20.2 Å². The van der Waals surface area contributed by atoms with Crippen LogP contribution in [0.5, 0.6) is 0 Å². The lowest BCUT2D eigenvalue weighted by Crippen LogP contribution is -2.45. The predicted octanol–water partition coefficient (Wildman–Crippen LogP) is 1.79. The molecule has 5 nitrogen and oxygen atoms in total. The van der Waals surface area contributed by atoms with Crippen molar-refractivity contribution >= 4 is 15.9 Å². The van der Waals surface area contributed by atoms with Crippen molar-refractivity contribution < 1.29 is 17.9 Å². The van der Waals surface area contributed by atoms with E-state index in [1.807, 2.05) is 44.2 Å². The van der Waals surface area contributed by atoms with E-state index in [0.29, 0.717) is 0 Å². The van der Waals surface area contributed by atoms with Gasteiger partial charge in [-0.15, -0.1) is 0 Å². The van der Waals surface area contributed by atoms with Crippen molar-refractivity contribution in [3.05, 3.63) is 35.9 Å². The van der Waals surface area contributed by atoms with Gasteiger partial charge in [0.15, 0.2) is 9.84 Å². The van der Waals surface area contributed by atoms with E-state index in [4.69, 9.17) is 4.74 Å². The summed E-state index contributed by atoms with van der Waals surface area (Å²) in [7, 11) is -2.99. The second-order valence-electron chi connectivity index (χ2n) is 5.38. The molecule has 1 aliphatic heterocycles. The van der Waals surface area contributed by atoms with Gasteiger partial charge in [-0.05, 0) is 19.4 Å². The van der Waals surface area contributed by atoms with Gasteiger partial charge in [-0.3, -0.25) is 0 Å². The van der Waals surface area contributed by atoms with Crippen molar-refractivity contribution in [2.45, 2.75) is 19.4 Å². The Kier molecular flexibility index (Phi) is 4.04. The summed E-state index contributed by atoms with van der Waals surface area (Å²) in [5, 5.41) is 0. The molecule has 1 heterocycles. The molecule has 0 bridgehead atoms. The molecule has 110 valence electrons. The van der Waals surface area contributed by atoms with Crippen molar-refractivity contribution in [2.75, 3.05) is 24.6 Å². The highest BCUT2D eigenvalue weighted by Gasteiger charge is 2.31. The summed E-state index contributed by atoms with van der Waals surface area (Å²) in [6, 6.07) is 9.47. The van der Waals surface area contributed by atoms with Crippen molar-refractivity contribution in [3.63, 3.8) is 0 Å². The monoisotopic (exact) mass is 297 g/mol. The van der Waals surface area contributed by atoms with Gasteiger partial charge in [0, 0.05) is 13.1 Å². The SMILES string of the molecule is CC(C)(OC(=O)N1CCS(=O)(=O)CC1)c1ccccc1.